The second kappa shape index (κ2) is 15.8. The number of ether oxygens (including phenoxy) is 1. The normalized spacial score (nSPS) is 12.8. The highest BCUT2D eigenvalue weighted by atomic mass is 35.5. The van der Waals surface area contributed by atoms with Crippen LogP contribution in [0, 0.1) is 20.8 Å². The molecule has 0 saturated carbocycles. The molecule has 3 N–H and O–H groups in total. The van der Waals surface area contributed by atoms with Gasteiger partial charge in [0, 0.05) is 6.54 Å². The first-order valence-electron chi connectivity index (χ1n) is 14.3. The van der Waals surface area contributed by atoms with Gasteiger partial charge in [0.1, 0.15) is 17.7 Å². The second-order valence-corrected chi connectivity index (χ2v) is 12.0. The molecule has 0 bridgehead atoms. The van der Waals surface area contributed by atoms with Crippen molar-refractivity contribution in [2.45, 2.75) is 98.3 Å². The van der Waals surface area contributed by atoms with Crippen molar-refractivity contribution in [2.24, 2.45) is 0 Å². The summed E-state index contributed by atoms with van der Waals surface area (Å²) in [5.74, 6) is -1.02. The van der Waals surface area contributed by atoms with E-state index in [4.69, 9.17) is 16.3 Å². The highest BCUT2D eigenvalue weighted by molar-refractivity contribution is 6.34. The summed E-state index contributed by atoms with van der Waals surface area (Å²) in [7, 11) is 0. The molecule has 2 atom stereocenters. The largest absolute Gasteiger partial charge is 0.444 e. The number of aryl methyl sites for hydroxylation is 3. The fourth-order valence-corrected chi connectivity index (χ4v) is 4.98. The topological polar surface area (TPSA) is 108 Å². The van der Waals surface area contributed by atoms with Crippen LogP contribution in [0.5, 0.6) is 0 Å². The van der Waals surface area contributed by atoms with Crippen LogP contribution in [-0.4, -0.2) is 52.7 Å². The lowest BCUT2D eigenvalue weighted by molar-refractivity contribution is -0.141. The summed E-state index contributed by atoms with van der Waals surface area (Å²) in [6.07, 6.45) is 3.82. The van der Waals surface area contributed by atoms with Crippen molar-refractivity contribution in [3.63, 3.8) is 0 Å². The number of unbranched alkanes of at least 4 members (excludes halogenated alkanes) is 4. The van der Waals surface area contributed by atoms with Crippen LogP contribution in [0.15, 0.2) is 36.4 Å². The number of carbonyl (C=O) groups is 3. The number of hydrogen-bond donors (Lipinski definition) is 3. The Hall–Kier alpha value is -3.10. The Morgan fingerprint density at radius 2 is 1.63 bits per heavy atom. The quantitative estimate of drug-likeness (QED) is 0.228. The van der Waals surface area contributed by atoms with Crippen LogP contribution < -0.4 is 10.6 Å². The molecule has 2 unspecified atom stereocenters. The van der Waals surface area contributed by atoms with Gasteiger partial charge in [-0.1, -0.05) is 85.7 Å². The molecular formula is C32H46ClN3O5. The summed E-state index contributed by atoms with van der Waals surface area (Å²) >= 11 is 6.44. The van der Waals surface area contributed by atoms with E-state index in [0.717, 1.165) is 42.4 Å². The van der Waals surface area contributed by atoms with E-state index in [1.165, 1.54) is 4.90 Å². The molecule has 0 aromatic heterocycles. The highest BCUT2D eigenvalue weighted by Gasteiger charge is 2.36. The molecule has 0 saturated heterocycles. The third-order valence-electron chi connectivity index (χ3n) is 6.55. The van der Waals surface area contributed by atoms with Crippen molar-refractivity contribution < 1.29 is 24.2 Å². The van der Waals surface area contributed by atoms with E-state index < -0.39 is 42.2 Å². The van der Waals surface area contributed by atoms with Crippen LogP contribution >= 0.6 is 11.6 Å². The Balaban J connectivity index is 2.56. The predicted molar refractivity (Wildman–Crippen MR) is 164 cm³/mol. The minimum atomic E-state index is -1.30. The first-order chi connectivity index (χ1) is 19.3. The molecule has 2 rings (SSSR count). The molecule has 8 nitrogen and oxygen atoms in total. The number of hydrogen-bond acceptors (Lipinski definition) is 5. The fourth-order valence-electron chi connectivity index (χ4n) is 4.71. The summed E-state index contributed by atoms with van der Waals surface area (Å²) in [6, 6.07) is 8.74. The molecule has 2 aromatic rings. The van der Waals surface area contributed by atoms with Gasteiger partial charge in [0.25, 0.3) is 5.91 Å². The number of aliphatic hydroxyl groups is 1. The monoisotopic (exact) mass is 587 g/mol. The number of benzene rings is 2. The van der Waals surface area contributed by atoms with Gasteiger partial charge in [-0.15, -0.1) is 0 Å². The number of halogens is 1. The van der Waals surface area contributed by atoms with Gasteiger partial charge in [-0.2, -0.15) is 0 Å². The lowest BCUT2D eigenvalue weighted by atomic mass is 9.97. The third-order valence-corrected chi connectivity index (χ3v) is 6.86. The lowest BCUT2D eigenvalue weighted by Gasteiger charge is -2.34. The van der Waals surface area contributed by atoms with Crippen molar-refractivity contribution in [1.82, 2.24) is 10.2 Å². The van der Waals surface area contributed by atoms with Crippen LogP contribution in [0.2, 0.25) is 5.02 Å². The molecule has 41 heavy (non-hydrogen) atoms. The zero-order chi connectivity index (χ0) is 30.7. The van der Waals surface area contributed by atoms with Gasteiger partial charge < -0.3 is 25.4 Å². The minimum absolute atomic E-state index is 0.252. The fraction of sp³-hybridized carbons (Fsp3) is 0.531. The van der Waals surface area contributed by atoms with Crippen molar-refractivity contribution in [1.29, 1.82) is 0 Å². The number of rotatable bonds is 13. The number of alkyl carbamates (subject to hydrolysis) is 1. The number of para-hydroxylation sites is 1. The molecule has 0 radical (unpaired) electrons. The van der Waals surface area contributed by atoms with Gasteiger partial charge in [0.15, 0.2) is 0 Å². The number of anilines is 1. The van der Waals surface area contributed by atoms with Crippen molar-refractivity contribution in [2.75, 3.05) is 18.5 Å². The van der Waals surface area contributed by atoms with Crippen LogP contribution in [0.4, 0.5) is 10.5 Å². The van der Waals surface area contributed by atoms with E-state index in [1.807, 2.05) is 45.0 Å². The van der Waals surface area contributed by atoms with Gasteiger partial charge in [-0.3, -0.25) is 9.59 Å². The smallest absolute Gasteiger partial charge is 0.408 e. The SMILES string of the molecule is CCCCCCCN(C(=O)C(CO)NC(=O)OC(C)(C)C)C(C(=O)Nc1c(C)cccc1Cl)c1cc(C)cc(C)c1. The summed E-state index contributed by atoms with van der Waals surface area (Å²) in [6.45, 7) is 12.6. The maximum Gasteiger partial charge on any atom is 0.408 e. The van der Waals surface area contributed by atoms with Gasteiger partial charge in [0.05, 0.1) is 17.3 Å². The third kappa shape index (κ3) is 10.7. The Labute approximate surface area is 249 Å². The summed E-state index contributed by atoms with van der Waals surface area (Å²) in [4.78, 5) is 42.2. The maximum absolute atomic E-state index is 14.1. The Bertz CT molecular complexity index is 1150. The molecule has 0 spiro atoms. The number of aliphatic hydroxyl groups excluding tert-OH is 1. The average molecular weight is 588 g/mol. The molecule has 0 aliphatic carbocycles. The van der Waals surface area contributed by atoms with Gasteiger partial charge in [-0.25, -0.2) is 4.79 Å². The minimum Gasteiger partial charge on any atom is -0.444 e. The highest BCUT2D eigenvalue weighted by Crippen LogP contribution is 2.30. The Kier molecular flexibility index (Phi) is 13.1. The standard InChI is InChI=1S/C32H46ClN3O5/c1-8-9-10-11-12-16-36(30(39)26(20-37)34-31(40)41-32(5,6)7)28(24-18-21(2)17-22(3)19-24)29(38)35-27-23(4)14-13-15-25(27)33/h13-15,17-19,26,28,37H,8-12,16,20H2,1-7H3,(H,34,40)(H,35,38). The van der Waals surface area contributed by atoms with E-state index in [1.54, 1.807) is 32.9 Å². The Morgan fingerprint density at radius 3 is 2.20 bits per heavy atom. The van der Waals surface area contributed by atoms with Gasteiger partial charge in [0.2, 0.25) is 5.91 Å². The predicted octanol–water partition coefficient (Wildman–Crippen LogP) is 6.63. The first kappa shape index (κ1) is 34.1. The molecule has 226 valence electrons. The maximum atomic E-state index is 14.1. The van der Waals surface area contributed by atoms with E-state index in [0.29, 0.717) is 22.7 Å². The molecular weight excluding hydrogens is 542 g/mol. The molecule has 9 heteroatoms. The number of nitrogens with zero attached hydrogens (tertiary/aromatic N) is 1. The van der Waals surface area contributed by atoms with E-state index in [2.05, 4.69) is 17.6 Å². The average Bonchev–Trinajstić information content (AvgIpc) is 2.86. The number of amides is 3. The van der Waals surface area contributed by atoms with Gasteiger partial charge >= 0.3 is 6.09 Å². The zero-order valence-corrected chi connectivity index (χ0v) is 26.2. The van der Waals surface area contributed by atoms with E-state index >= 15 is 0 Å². The lowest BCUT2D eigenvalue weighted by Crippen LogP contribution is -2.54. The summed E-state index contributed by atoms with van der Waals surface area (Å²) < 4.78 is 5.33. The molecule has 3 amide bonds. The molecule has 0 aliphatic heterocycles. The van der Waals surface area contributed by atoms with E-state index in [9.17, 15) is 19.5 Å². The van der Waals surface area contributed by atoms with Crippen LogP contribution in [0.3, 0.4) is 0 Å². The molecule has 0 aliphatic rings. The molecule has 0 fully saturated rings. The summed E-state index contributed by atoms with van der Waals surface area (Å²) in [5.41, 5.74) is 2.96. The van der Waals surface area contributed by atoms with Crippen molar-refractivity contribution >= 4 is 35.2 Å². The zero-order valence-electron chi connectivity index (χ0n) is 25.5. The van der Waals surface area contributed by atoms with Gasteiger partial charge in [-0.05, 0) is 65.2 Å². The Morgan fingerprint density at radius 1 is 1.00 bits per heavy atom. The van der Waals surface area contributed by atoms with Crippen LogP contribution in [0.1, 0.15) is 88.1 Å². The summed E-state index contributed by atoms with van der Waals surface area (Å²) in [5, 5.41) is 16.0. The number of nitrogens with one attached hydrogen (secondary N) is 2. The van der Waals surface area contributed by atoms with Crippen LogP contribution in [0.25, 0.3) is 0 Å². The van der Waals surface area contributed by atoms with Crippen molar-refractivity contribution in [3.8, 4) is 0 Å². The van der Waals surface area contributed by atoms with Crippen molar-refractivity contribution in [3.05, 3.63) is 63.7 Å². The molecule has 0 heterocycles. The second-order valence-electron chi connectivity index (χ2n) is 11.6. The van der Waals surface area contributed by atoms with E-state index in [-0.39, 0.29) is 6.54 Å². The molecule has 2 aromatic carbocycles. The van der Waals surface area contributed by atoms with Crippen LogP contribution in [-0.2, 0) is 14.3 Å². The number of carbonyl (C=O) groups excluding carboxylic acids is 3. The first-order valence-corrected chi connectivity index (χ1v) is 14.7.